The Morgan fingerprint density at radius 1 is 0.793 bits per heavy atom. The van der Waals surface area contributed by atoms with E-state index in [4.69, 9.17) is 4.74 Å². The van der Waals surface area contributed by atoms with Crippen molar-refractivity contribution in [3.8, 4) is 17.1 Å². The molecule has 0 fully saturated rings. The van der Waals surface area contributed by atoms with Crippen LogP contribution in [0.25, 0.3) is 11.4 Å². The number of aromatic nitrogens is 2. The molecule has 1 heterocycles. The Morgan fingerprint density at radius 2 is 1.38 bits per heavy atom. The van der Waals surface area contributed by atoms with E-state index >= 15 is 0 Å². The van der Waals surface area contributed by atoms with Gasteiger partial charge in [0.15, 0.2) is 5.82 Å². The predicted octanol–water partition coefficient (Wildman–Crippen LogP) is 7.64. The third kappa shape index (κ3) is 9.43. The summed E-state index contributed by atoms with van der Waals surface area (Å²) in [5.41, 5.74) is 2.25. The highest BCUT2D eigenvalue weighted by Gasteiger charge is 2.05. The minimum absolute atomic E-state index is 0.673. The van der Waals surface area contributed by atoms with Crippen molar-refractivity contribution >= 4 is 0 Å². The van der Waals surface area contributed by atoms with Crippen molar-refractivity contribution in [2.75, 3.05) is 6.61 Å². The molecule has 160 valence electrons. The number of benzene rings is 1. The lowest BCUT2D eigenvalue weighted by Crippen LogP contribution is -2.00. The van der Waals surface area contributed by atoms with E-state index < -0.39 is 0 Å². The Bertz CT molecular complexity index is 651. The Morgan fingerprint density at radius 3 is 1.97 bits per heavy atom. The first kappa shape index (κ1) is 23.4. The number of hydrogen-bond acceptors (Lipinski definition) is 3. The van der Waals surface area contributed by atoms with Crippen LogP contribution in [-0.2, 0) is 6.42 Å². The Hall–Kier alpha value is -1.90. The molecule has 0 aliphatic carbocycles. The zero-order valence-electron chi connectivity index (χ0n) is 18.8. The molecule has 2 aromatic rings. The molecule has 0 saturated carbocycles. The van der Waals surface area contributed by atoms with Gasteiger partial charge >= 0.3 is 0 Å². The number of nitrogens with zero attached hydrogens (tertiary/aromatic N) is 2. The molecule has 0 aliphatic rings. The molecule has 0 saturated heterocycles. The maximum Gasteiger partial charge on any atom is 0.159 e. The largest absolute Gasteiger partial charge is 0.494 e. The van der Waals surface area contributed by atoms with Gasteiger partial charge in [-0.25, -0.2) is 9.97 Å². The van der Waals surface area contributed by atoms with Gasteiger partial charge in [0.1, 0.15) is 5.75 Å². The van der Waals surface area contributed by atoms with E-state index in [1.165, 1.54) is 63.4 Å². The van der Waals surface area contributed by atoms with Crippen molar-refractivity contribution in [2.24, 2.45) is 5.92 Å². The summed E-state index contributed by atoms with van der Waals surface area (Å²) in [7, 11) is 0. The predicted molar refractivity (Wildman–Crippen MR) is 123 cm³/mol. The third-order valence-corrected chi connectivity index (χ3v) is 5.62. The quantitative estimate of drug-likeness (QED) is 0.290. The fourth-order valence-corrected chi connectivity index (χ4v) is 3.46. The van der Waals surface area contributed by atoms with E-state index in [0.717, 1.165) is 36.6 Å². The van der Waals surface area contributed by atoms with Crippen molar-refractivity contribution < 1.29 is 4.74 Å². The van der Waals surface area contributed by atoms with Crippen LogP contribution in [0.2, 0.25) is 0 Å². The number of ether oxygens (including phenoxy) is 1. The van der Waals surface area contributed by atoms with Gasteiger partial charge in [0, 0.05) is 18.0 Å². The molecule has 0 N–H and O–H groups in total. The molecular formula is C26H40N2O. The van der Waals surface area contributed by atoms with Gasteiger partial charge in [0.25, 0.3) is 0 Å². The number of rotatable bonds is 15. The Labute approximate surface area is 178 Å². The van der Waals surface area contributed by atoms with Crippen molar-refractivity contribution in [3.63, 3.8) is 0 Å². The standard InChI is InChI=1S/C26H40N2O/c1-4-6-7-8-9-10-11-12-13-18-29-25-16-14-24(15-17-25)26-27-20-23(21-28-26)19-22(3)5-2/h14-17,20-22H,4-13,18-19H2,1-3H3. The first-order valence-corrected chi connectivity index (χ1v) is 11.8. The molecule has 0 amide bonds. The third-order valence-electron chi connectivity index (χ3n) is 5.62. The smallest absolute Gasteiger partial charge is 0.159 e. The average Bonchev–Trinajstić information content (AvgIpc) is 2.76. The van der Waals surface area contributed by atoms with Crippen molar-refractivity contribution in [2.45, 2.75) is 91.4 Å². The number of unbranched alkanes of at least 4 members (excludes halogenated alkanes) is 8. The van der Waals surface area contributed by atoms with Gasteiger partial charge in [-0.15, -0.1) is 0 Å². The van der Waals surface area contributed by atoms with Gasteiger partial charge in [-0.3, -0.25) is 0 Å². The molecule has 3 heteroatoms. The zero-order chi connectivity index (χ0) is 20.7. The minimum Gasteiger partial charge on any atom is -0.494 e. The summed E-state index contributed by atoms with van der Waals surface area (Å²) in [6.45, 7) is 7.56. The van der Waals surface area contributed by atoms with E-state index in [0.29, 0.717) is 5.92 Å². The first-order valence-electron chi connectivity index (χ1n) is 11.8. The normalized spacial score (nSPS) is 12.1. The van der Waals surface area contributed by atoms with Crippen LogP contribution < -0.4 is 4.74 Å². The van der Waals surface area contributed by atoms with Crippen LogP contribution >= 0.6 is 0 Å². The summed E-state index contributed by atoms with van der Waals surface area (Å²) in [6.07, 6.45) is 18.2. The molecule has 2 rings (SSSR count). The second kappa shape index (κ2) is 14.1. The van der Waals surface area contributed by atoms with E-state index in [1.807, 2.05) is 24.5 Å². The highest BCUT2D eigenvalue weighted by Crippen LogP contribution is 2.20. The molecule has 0 aliphatic heterocycles. The van der Waals surface area contributed by atoms with Gasteiger partial charge < -0.3 is 4.74 Å². The van der Waals surface area contributed by atoms with Crippen LogP contribution in [0.15, 0.2) is 36.7 Å². The van der Waals surface area contributed by atoms with E-state index in [2.05, 4.69) is 42.9 Å². The van der Waals surface area contributed by atoms with Gasteiger partial charge in [-0.2, -0.15) is 0 Å². The van der Waals surface area contributed by atoms with E-state index in [9.17, 15) is 0 Å². The molecule has 1 aromatic heterocycles. The van der Waals surface area contributed by atoms with Crippen molar-refractivity contribution in [1.82, 2.24) is 9.97 Å². The van der Waals surface area contributed by atoms with E-state index in [1.54, 1.807) is 0 Å². The molecule has 3 nitrogen and oxygen atoms in total. The summed E-state index contributed by atoms with van der Waals surface area (Å²) >= 11 is 0. The first-order chi connectivity index (χ1) is 14.2. The van der Waals surface area contributed by atoms with Crippen molar-refractivity contribution in [1.29, 1.82) is 0 Å². The van der Waals surface area contributed by atoms with Crippen LogP contribution in [0.4, 0.5) is 0 Å². The fourth-order valence-electron chi connectivity index (χ4n) is 3.46. The summed E-state index contributed by atoms with van der Waals surface area (Å²) in [4.78, 5) is 9.08. The molecule has 1 atom stereocenters. The average molecular weight is 397 g/mol. The summed E-state index contributed by atoms with van der Waals surface area (Å²) in [6, 6.07) is 8.16. The van der Waals surface area contributed by atoms with Crippen LogP contribution in [0.1, 0.15) is 90.5 Å². The molecular weight excluding hydrogens is 356 g/mol. The highest BCUT2D eigenvalue weighted by molar-refractivity contribution is 5.55. The lowest BCUT2D eigenvalue weighted by molar-refractivity contribution is 0.304. The summed E-state index contributed by atoms with van der Waals surface area (Å²) in [5, 5.41) is 0. The van der Waals surface area contributed by atoms with Gasteiger partial charge in [0.05, 0.1) is 6.61 Å². The maximum absolute atomic E-state index is 5.89. The highest BCUT2D eigenvalue weighted by atomic mass is 16.5. The summed E-state index contributed by atoms with van der Waals surface area (Å²) in [5.74, 6) is 2.39. The van der Waals surface area contributed by atoms with Gasteiger partial charge in [0.2, 0.25) is 0 Å². The SMILES string of the molecule is CCCCCCCCCCCOc1ccc(-c2ncc(CC(C)CC)cn2)cc1. The minimum atomic E-state index is 0.673. The molecule has 0 radical (unpaired) electrons. The molecule has 1 unspecified atom stereocenters. The second-order valence-electron chi connectivity index (χ2n) is 8.33. The topological polar surface area (TPSA) is 35.0 Å². The van der Waals surface area contributed by atoms with Crippen LogP contribution in [0, 0.1) is 5.92 Å². The molecule has 0 bridgehead atoms. The van der Waals surface area contributed by atoms with Crippen LogP contribution in [0.5, 0.6) is 5.75 Å². The molecule has 29 heavy (non-hydrogen) atoms. The monoisotopic (exact) mass is 396 g/mol. The molecule has 0 spiro atoms. The van der Waals surface area contributed by atoms with Gasteiger partial charge in [-0.1, -0.05) is 78.6 Å². The lowest BCUT2D eigenvalue weighted by atomic mass is 10.0. The fraction of sp³-hybridized carbons (Fsp3) is 0.615. The maximum atomic E-state index is 5.89. The Kier molecular flexibility index (Phi) is 11.4. The van der Waals surface area contributed by atoms with E-state index in [-0.39, 0.29) is 0 Å². The van der Waals surface area contributed by atoms with Crippen molar-refractivity contribution in [3.05, 3.63) is 42.2 Å². The summed E-state index contributed by atoms with van der Waals surface area (Å²) < 4.78 is 5.89. The second-order valence-corrected chi connectivity index (χ2v) is 8.33. The Balaban J connectivity index is 1.64. The number of hydrogen-bond donors (Lipinski definition) is 0. The lowest BCUT2D eigenvalue weighted by Gasteiger charge is -2.09. The van der Waals surface area contributed by atoms with Crippen LogP contribution in [0.3, 0.4) is 0 Å². The van der Waals surface area contributed by atoms with Gasteiger partial charge in [-0.05, 0) is 48.6 Å². The van der Waals surface area contributed by atoms with Crippen LogP contribution in [-0.4, -0.2) is 16.6 Å². The molecule has 1 aromatic carbocycles. The zero-order valence-corrected chi connectivity index (χ0v) is 18.8.